The van der Waals surface area contributed by atoms with Gasteiger partial charge in [-0.25, -0.2) is 0 Å². The molecule has 1 heterocycles. The Kier molecular flexibility index (Phi) is 2.21. The van der Waals surface area contributed by atoms with Crippen LogP contribution in [-0.4, -0.2) is 22.9 Å². The summed E-state index contributed by atoms with van der Waals surface area (Å²) in [5.41, 5.74) is 0. The van der Waals surface area contributed by atoms with Crippen LogP contribution in [0, 0.1) is 5.92 Å². The van der Waals surface area contributed by atoms with Gasteiger partial charge in [0, 0.05) is 18.0 Å². The van der Waals surface area contributed by atoms with Gasteiger partial charge in [0.1, 0.15) is 0 Å². The average molecular weight is 155 g/mol. The molecule has 11 heavy (non-hydrogen) atoms. The number of nitrogens with zero attached hydrogens (tertiary/aromatic N) is 1. The lowest BCUT2D eigenvalue weighted by Crippen LogP contribution is -2.37. The van der Waals surface area contributed by atoms with Crippen molar-refractivity contribution in [3.63, 3.8) is 0 Å². The molecule has 0 aromatic heterocycles. The van der Waals surface area contributed by atoms with E-state index in [0.717, 1.165) is 6.42 Å². The predicted molar refractivity (Wildman–Crippen MR) is 45.2 cm³/mol. The van der Waals surface area contributed by atoms with Gasteiger partial charge in [-0.05, 0) is 27.2 Å². The number of carbonyl (C=O) groups excluding carboxylic acids is 1. The summed E-state index contributed by atoms with van der Waals surface area (Å²) in [4.78, 5) is 13.5. The van der Waals surface area contributed by atoms with Gasteiger partial charge in [0.05, 0.1) is 0 Å². The summed E-state index contributed by atoms with van der Waals surface area (Å²) in [6.07, 6.45) is 1.02. The molecule has 0 saturated carbocycles. The molecule has 2 heteroatoms. The number of rotatable bonds is 1. The summed E-state index contributed by atoms with van der Waals surface area (Å²) < 4.78 is 0. The molecule has 0 radical (unpaired) electrons. The monoisotopic (exact) mass is 155 g/mol. The van der Waals surface area contributed by atoms with Crippen molar-refractivity contribution in [1.29, 1.82) is 0 Å². The standard InChI is InChI=1S/C9H17NO/c1-6(2)10-8(4)5-7(3)9(10)11/h6-8H,5H2,1-4H3/t7-,8+/m1/s1. The van der Waals surface area contributed by atoms with Crippen LogP contribution in [0.4, 0.5) is 0 Å². The Balaban J connectivity index is 2.72. The fourth-order valence-corrected chi connectivity index (χ4v) is 1.96. The van der Waals surface area contributed by atoms with Crippen LogP contribution in [0.25, 0.3) is 0 Å². The molecule has 1 amide bonds. The first-order valence-electron chi connectivity index (χ1n) is 4.36. The zero-order valence-corrected chi connectivity index (χ0v) is 7.79. The summed E-state index contributed by atoms with van der Waals surface area (Å²) in [5.74, 6) is 0.569. The molecule has 2 atom stereocenters. The molecular weight excluding hydrogens is 138 g/mol. The summed E-state index contributed by atoms with van der Waals surface area (Å²) in [7, 11) is 0. The molecule has 1 fully saturated rings. The molecule has 1 rings (SSSR count). The molecule has 64 valence electrons. The van der Waals surface area contributed by atoms with E-state index in [9.17, 15) is 4.79 Å². The van der Waals surface area contributed by atoms with Crippen LogP contribution in [0.5, 0.6) is 0 Å². The number of hydrogen-bond donors (Lipinski definition) is 0. The number of hydrogen-bond acceptors (Lipinski definition) is 1. The second-order valence-electron chi connectivity index (χ2n) is 3.83. The zero-order chi connectivity index (χ0) is 8.59. The highest BCUT2D eigenvalue weighted by Gasteiger charge is 2.35. The van der Waals surface area contributed by atoms with Crippen LogP contribution in [0.15, 0.2) is 0 Å². The third kappa shape index (κ3) is 1.39. The molecule has 0 unspecified atom stereocenters. The Morgan fingerprint density at radius 3 is 2.18 bits per heavy atom. The van der Waals surface area contributed by atoms with Gasteiger partial charge < -0.3 is 4.90 Å². The van der Waals surface area contributed by atoms with Gasteiger partial charge >= 0.3 is 0 Å². The molecule has 1 aliphatic rings. The van der Waals surface area contributed by atoms with Crippen LogP contribution in [-0.2, 0) is 4.79 Å². The van der Waals surface area contributed by atoms with E-state index in [1.165, 1.54) is 0 Å². The van der Waals surface area contributed by atoms with Gasteiger partial charge in [0.25, 0.3) is 0 Å². The lowest BCUT2D eigenvalue weighted by atomic mass is 10.1. The topological polar surface area (TPSA) is 20.3 Å². The number of carbonyl (C=O) groups is 1. The van der Waals surface area contributed by atoms with Crippen molar-refractivity contribution in [2.45, 2.75) is 46.2 Å². The van der Waals surface area contributed by atoms with E-state index in [0.29, 0.717) is 18.0 Å². The summed E-state index contributed by atoms with van der Waals surface area (Å²) in [6, 6.07) is 0.806. The summed E-state index contributed by atoms with van der Waals surface area (Å²) in [6.45, 7) is 8.29. The molecule has 0 aliphatic carbocycles. The van der Waals surface area contributed by atoms with E-state index in [1.54, 1.807) is 0 Å². The minimum absolute atomic E-state index is 0.243. The molecule has 1 saturated heterocycles. The highest BCUT2D eigenvalue weighted by molar-refractivity contribution is 5.81. The van der Waals surface area contributed by atoms with E-state index in [1.807, 2.05) is 11.8 Å². The zero-order valence-electron chi connectivity index (χ0n) is 7.79. The minimum Gasteiger partial charge on any atom is -0.337 e. The highest BCUT2D eigenvalue weighted by atomic mass is 16.2. The quantitative estimate of drug-likeness (QED) is 0.564. The Labute approximate surface area is 68.6 Å². The fraction of sp³-hybridized carbons (Fsp3) is 0.889. The summed E-state index contributed by atoms with van der Waals surface area (Å²) >= 11 is 0. The van der Waals surface area contributed by atoms with Gasteiger partial charge in [0.15, 0.2) is 0 Å². The van der Waals surface area contributed by atoms with E-state index >= 15 is 0 Å². The van der Waals surface area contributed by atoms with Crippen molar-refractivity contribution >= 4 is 5.91 Å². The third-order valence-electron chi connectivity index (χ3n) is 2.40. The van der Waals surface area contributed by atoms with Crippen molar-refractivity contribution in [3.05, 3.63) is 0 Å². The van der Waals surface area contributed by atoms with Crippen LogP contribution in [0.3, 0.4) is 0 Å². The molecule has 0 bridgehead atoms. The SMILES string of the molecule is CC(C)N1C(=O)[C@H](C)C[C@@H]1C. The van der Waals surface area contributed by atoms with E-state index in [2.05, 4.69) is 20.8 Å². The Morgan fingerprint density at radius 1 is 1.45 bits per heavy atom. The first kappa shape index (κ1) is 8.57. The molecular formula is C9H17NO. The first-order chi connectivity index (χ1) is 5.04. The summed E-state index contributed by atoms with van der Waals surface area (Å²) in [5, 5.41) is 0. The van der Waals surface area contributed by atoms with Crippen LogP contribution >= 0.6 is 0 Å². The molecule has 0 aromatic rings. The Morgan fingerprint density at radius 2 is 2.00 bits per heavy atom. The van der Waals surface area contributed by atoms with Crippen molar-refractivity contribution in [1.82, 2.24) is 4.90 Å². The molecule has 2 nitrogen and oxygen atoms in total. The number of likely N-dealkylation sites (tertiary alicyclic amines) is 1. The first-order valence-corrected chi connectivity index (χ1v) is 4.36. The maximum atomic E-state index is 11.5. The second-order valence-corrected chi connectivity index (χ2v) is 3.83. The van der Waals surface area contributed by atoms with Crippen LogP contribution in [0.2, 0.25) is 0 Å². The Hall–Kier alpha value is -0.530. The van der Waals surface area contributed by atoms with Gasteiger partial charge in [-0.3, -0.25) is 4.79 Å². The van der Waals surface area contributed by atoms with Crippen LogP contribution < -0.4 is 0 Å². The van der Waals surface area contributed by atoms with E-state index < -0.39 is 0 Å². The lowest BCUT2D eigenvalue weighted by Gasteiger charge is -2.25. The maximum Gasteiger partial charge on any atom is 0.225 e. The largest absolute Gasteiger partial charge is 0.337 e. The normalized spacial score (nSPS) is 32.1. The van der Waals surface area contributed by atoms with Gasteiger partial charge in [-0.1, -0.05) is 6.92 Å². The molecule has 0 aromatic carbocycles. The second kappa shape index (κ2) is 2.84. The molecule has 1 aliphatic heterocycles. The van der Waals surface area contributed by atoms with Crippen molar-refractivity contribution < 1.29 is 4.79 Å². The average Bonchev–Trinajstić information content (AvgIpc) is 2.07. The minimum atomic E-state index is 0.243. The highest BCUT2D eigenvalue weighted by Crippen LogP contribution is 2.25. The van der Waals surface area contributed by atoms with E-state index in [4.69, 9.17) is 0 Å². The van der Waals surface area contributed by atoms with Crippen molar-refractivity contribution in [2.75, 3.05) is 0 Å². The van der Waals surface area contributed by atoms with Crippen molar-refractivity contribution in [3.8, 4) is 0 Å². The maximum absolute atomic E-state index is 11.5. The smallest absolute Gasteiger partial charge is 0.225 e. The van der Waals surface area contributed by atoms with Gasteiger partial charge in [-0.15, -0.1) is 0 Å². The lowest BCUT2D eigenvalue weighted by molar-refractivity contribution is -0.132. The molecule has 0 N–H and O–H groups in total. The van der Waals surface area contributed by atoms with Crippen LogP contribution in [0.1, 0.15) is 34.1 Å². The number of amides is 1. The van der Waals surface area contributed by atoms with Gasteiger partial charge in [-0.2, -0.15) is 0 Å². The Bertz CT molecular complexity index is 165. The fourth-order valence-electron chi connectivity index (χ4n) is 1.96. The van der Waals surface area contributed by atoms with Gasteiger partial charge in [0.2, 0.25) is 5.91 Å². The predicted octanol–water partition coefficient (Wildman–Crippen LogP) is 1.65. The molecule has 0 spiro atoms. The van der Waals surface area contributed by atoms with Crippen molar-refractivity contribution in [2.24, 2.45) is 5.92 Å². The third-order valence-corrected chi connectivity index (χ3v) is 2.40. The van der Waals surface area contributed by atoms with E-state index in [-0.39, 0.29) is 5.92 Å².